The van der Waals surface area contributed by atoms with Crippen LogP contribution < -0.4 is 0 Å². The predicted molar refractivity (Wildman–Crippen MR) is 71.7 cm³/mol. The number of nitrogens with zero attached hydrogens (tertiary/aromatic N) is 1. The molecule has 0 spiro atoms. The van der Waals surface area contributed by atoms with E-state index in [2.05, 4.69) is 0 Å². The molecule has 0 aliphatic carbocycles. The molecule has 0 aromatic carbocycles. The first kappa shape index (κ1) is 14.3. The van der Waals surface area contributed by atoms with Crippen LogP contribution in [0.3, 0.4) is 0 Å². The first-order chi connectivity index (χ1) is 8.79. The van der Waals surface area contributed by atoms with E-state index in [1.54, 1.807) is 20.8 Å². The van der Waals surface area contributed by atoms with E-state index >= 15 is 0 Å². The molecular weight excluding hydrogens is 246 g/mol. The number of carbonyl (C=O) groups excluding carboxylic acids is 2. The third-order valence-corrected chi connectivity index (χ3v) is 2.64. The first-order valence-corrected chi connectivity index (χ1v) is 6.44. The van der Waals surface area contributed by atoms with E-state index in [0.29, 0.717) is 0 Å². The molecule has 1 fully saturated rings. The Labute approximate surface area is 116 Å². The summed E-state index contributed by atoms with van der Waals surface area (Å²) in [6.07, 6.45) is -1.36. The molecule has 19 heavy (non-hydrogen) atoms. The number of rotatable bonds is 1. The highest BCUT2D eigenvalue weighted by molar-refractivity contribution is 5.86. The van der Waals surface area contributed by atoms with E-state index in [9.17, 15) is 9.59 Å². The van der Waals surface area contributed by atoms with Gasteiger partial charge in [0.05, 0.1) is 7.98 Å². The molecule has 0 aromatic rings. The van der Waals surface area contributed by atoms with Crippen molar-refractivity contribution in [2.75, 3.05) is 6.61 Å². The Balaban J connectivity index is 3.16. The minimum Gasteiger partial charge on any atom is -0.444 e. The highest BCUT2D eigenvalue weighted by Crippen LogP contribution is 2.33. The second kappa shape index (κ2) is 5.12. The summed E-state index contributed by atoms with van der Waals surface area (Å²) in [5.41, 5.74) is -1.12. The van der Waals surface area contributed by atoms with Crippen molar-refractivity contribution in [3.63, 3.8) is 0 Å². The summed E-state index contributed by atoms with van der Waals surface area (Å²) in [5, 5.41) is 0. The van der Waals surface area contributed by atoms with Crippen LogP contribution in [-0.4, -0.2) is 41.2 Å². The fourth-order valence-corrected chi connectivity index (χ4v) is 1.87. The lowest BCUT2D eigenvalue weighted by molar-refractivity contribution is -0.122. The largest absolute Gasteiger partial charge is 0.444 e. The molecule has 5 heteroatoms. The summed E-state index contributed by atoms with van der Waals surface area (Å²) in [4.78, 5) is 25.3. The molecule has 1 aliphatic rings. The lowest BCUT2D eigenvalue weighted by atomic mass is 9.93. The van der Waals surface area contributed by atoms with Gasteiger partial charge in [-0.3, -0.25) is 9.69 Å². The molecule has 5 nitrogen and oxygen atoms in total. The van der Waals surface area contributed by atoms with Gasteiger partial charge in [0.1, 0.15) is 17.8 Å². The molecule has 0 radical (unpaired) electrons. The van der Waals surface area contributed by atoms with E-state index in [1.807, 2.05) is 20.8 Å². The van der Waals surface area contributed by atoms with E-state index < -0.39 is 35.1 Å². The van der Waals surface area contributed by atoms with Gasteiger partial charge >= 0.3 is 6.09 Å². The highest BCUT2D eigenvalue weighted by Gasteiger charge is 2.47. The van der Waals surface area contributed by atoms with Gasteiger partial charge in [-0.15, -0.1) is 0 Å². The SMILES string of the molecule is [2H][C@]1(C(C)=O)CO[C@@H](C(C)(C)C)N1C(=O)OC(C)(C)C. The average Bonchev–Trinajstić information content (AvgIpc) is 2.54. The van der Waals surface area contributed by atoms with Crippen LogP contribution in [0, 0.1) is 5.41 Å². The van der Waals surface area contributed by atoms with Gasteiger partial charge in [-0.05, 0) is 27.7 Å². The molecule has 0 unspecified atom stereocenters. The minimum atomic E-state index is -1.72. The predicted octanol–water partition coefficient (Wildman–Crippen LogP) is 2.58. The topological polar surface area (TPSA) is 55.8 Å². The van der Waals surface area contributed by atoms with Crippen molar-refractivity contribution in [2.24, 2.45) is 5.41 Å². The molecule has 0 aromatic heterocycles. The van der Waals surface area contributed by atoms with Crippen molar-refractivity contribution in [3.05, 3.63) is 0 Å². The van der Waals surface area contributed by atoms with Crippen LogP contribution in [0.5, 0.6) is 0 Å². The summed E-state index contributed by atoms with van der Waals surface area (Å²) >= 11 is 0. The van der Waals surface area contributed by atoms with Crippen LogP contribution >= 0.6 is 0 Å². The number of carbonyl (C=O) groups is 2. The van der Waals surface area contributed by atoms with E-state index in [0.717, 1.165) is 4.90 Å². The first-order valence-electron chi connectivity index (χ1n) is 6.94. The molecule has 2 atom stereocenters. The molecule has 110 valence electrons. The zero-order chi connectivity index (χ0) is 15.9. The number of Topliss-reactive ketones (excluding diaryl/α,β-unsaturated/α-hetero) is 1. The zero-order valence-corrected chi connectivity index (χ0v) is 12.9. The van der Waals surface area contributed by atoms with Crippen LogP contribution in [0.25, 0.3) is 0 Å². The number of amides is 1. The Morgan fingerprint density at radius 2 is 1.79 bits per heavy atom. The number of hydrogen-bond acceptors (Lipinski definition) is 4. The lowest BCUT2D eigenvalue weighted by Gasteiger charge is -2.36. The summed E-state index contributed by atoms with van der Waals surface area (Å²) < 4.78 is 19.2. The van der Waals surface area contributed by atoms with Gasteiger partial charge in [0, 0.05) is 5.41 Å². The summed E-state index contributed by atoms with van der Waals surface area (Å²) in [7, 11) is 0. The van der Waals surface area contributed by atoms with E-state index in [-0.39, 0.29) is 6.61 Å². The number of ether oxygens (including phenoxy) is 2. The van der Waals surface area contributed by atoms with Crippen molar-refractivity contribution in [2.45, 2.75) is 66.3 Å². The molecule has 1 rings (SSSR count). The summed E-state index contributed by atoms with van der Waals surface area (Å²) in [6, 6.07) is -1.72. The van der Waals surface area contributed by atoms with Gasteiger partial charge < -0.3 is 9.47 Å². The third kappa shape index (κ3) is 3.93. The molecule has 0 N–H and O–H groups in total. The van der Waals surface area contributed by atoms with Crippen LogP contribution in [0.2, 0.25) is 0 Å². The Kier molecular flexibility index (Phi) is 3.85. The molecule has 0 saturated carbocycles. The van der Waals surface area contributed by atoms with E-state index in [1.165, 1.54) is 6.92 Å². The standard InChI is InChI=1S/C14H25NO4/c1-9(16)10-8-18-11(13(2,3)4)15(10)12(17)19-14(5,6)7/h10-11H,8H2,1-7H3/t10-,11+/m1/s1/i10D. The van der Waals surface area contributed by atoms with Gasteiger partial charge in [0.2, 0.25) is 0 Å². The van der Waals surface area contributed by atoms with Crippen molar-refractivity contribution >= 4 is 11.9 Å². The fourth-order valence-electron chi connectivity index (χ4n) is 1.87. The molecule has 1 saturated heterocycles. The molecule has 1 heterocycles. The van der Waals surface area contributed by atoms with Crippen LogP contribution in [-0.2, 0) is 14.3 Å². The molecule has 1 amide bonds. The minimum absolute atomic E-state index is 0.135. The third-order valence-electron chi connectivity index (χ3n) is 2.64. The number of ketones is 1. The Morgan fingerprint density at radius 1 is 1.26 bits per heavy atom. The van der Waals surface area contributed by atoms with Crippen LogP contribution in [0.4, 0.5) is 4.79 Å². The fraction of sp³-hybridized carbons (Fsp3) is 0.857. The maximum absolute atomic E-state index is 12.4. The van der Waals surface area contributed by atoms with Crippen LogP contribution in [0.1, 0.15) is 49.8 Å². The monoisotopic (exact) mass is 272 g/mol. The van der Waals surface area contributed by atoms with Gasteiger partial charge in [0.25, 0.3) is 0 Å². The van der Waals surface area contributed by atoms with Crippen molar-refractivity contribution < 1.29 is 20.4 Å². The smallest absolute Gasteiger partial charge is 0.413 e. The van der Waals surface area contributed by atoms with Gasteiger partial charge in [0.15, 0.2) is 5.78 Å². The van der Waals surface area contributed by atoms with Crippen molar-refractivity contribution in [1.29, 1.82) is 0 Å². The summed E-state index contributed by atoms with van der Waals surface area (Å²) in [6.45, 7) is 12.1. The van der Waals surface area contributed by atoms with Gasteiger partial charge in [-0.2, -0.15) is 0 Å². The highest BCUT2D eigenvalue weighted by atomic mass is 16.6. The maximum Gasteiger partial charge on any atom is 0.413 e. The molecule has 1 aliphatic heterocycles. The van der Waals surface area contributed by atoms with Gasteiger partial charge in [-0.1, -0.05) is 20.8 Å². The Bertz CT molecular complexity index is 410. The van der Waals surface area contributed by atoms with Crippen LogP contribution in [0.15, 0.2) is 0 Å². The zero-order valence-electron chi connectivity index (χ0n) is 13.9. The number of hydrogen-bond donors (Lipinski definition) is 0. The molecule has 0 bridgehead atoms. The summed E-state index contributed by atoms with van der Waals surface area (Å²) in [5.74, 6) is -0.435. The second-order valence-corrected chi connectivity index (χ2v) is 6.88. The van der Waals surface area contributed by atoms with Crippen molar-refractivity contribution in [1.82, 2.24) is 4.90 Å². The average molecular weight is 272 g/mol. The van der Waals surface area contributed by atoms with E-state index in [4.69, 9.17) is 10.8 Å². The van der Waals surface area contributed by atoms with Crippen molar-refractivity contribution in [3.8, 4) is 0 Å². The Morgan fingerprint density at radius 3 is 2.16 bits per heavy atom. The lowest BCUT2D eigenvalue weighted by Crippen LogP contribution is -2.51. The quantitative estimate of drug-likeness (QED) is 0.736. The second-order valence-electron chi connectivity index (χ2n) is 6.88. The maximum atomic E-state index is 12.4. The normalized spacial score (nSPS) is 29.1. The Hall–Kier alpha value is -1.10. The van der Waals surface area contributed by atoms with Gasteiger partial charge in [-0.25, -0.2) is 4.79 Å². The molecular formula is C14H25NO4.